The minimum atomic E-state index is -3.17. The molecule has 3 aromatic rings. The molecule has 0 saturated heterocycles. The molecule has 0 saturated carbocycles. The van der Waals surface area contributed by atoms with Gasteiger partial charge in [0.2, 0.25) is 0 Å². The fraction of sp³-hybridized carbons (Fsp3) is 0.150. The van der Waals surface area contributed by atoms with Crippen LogP contribution in [0.3, 0.4) is 0 Å². The van der Waals surface area contributed by atoms with E-state index in [0.29, 0.717) is 22.6 Å². The quantitative estimate of drug-likeness (QED) is 0.685. The average molecular weight is 397 g/mol. The third-order valence-corrected chi connectivity index (χ3v) is 4.67. The van der Waals surface area contributed by atoms with Gasteiger partial charge in [-0.3, -0.25) is 4.79 Å². The number of hydrogen-bond acceptors (Lipinski definition) is 6. The first-order valence-electron chi connectivity index (χ1n) is 8.44. The number of aryl methyl sites for hydroxylation is 1. The Morgan fingerprint density at radius 3 is 2.50 bits per heavy atom. The molecule has 0 atom stereocenters. The van der Waals surface area contributed by atoms with E-state index in [1.54, 1.807) is 60.9 Å². The molecule has 0 aliphatic heterocycles. The van der Waals surface area contributed by atoms with Gasteiger partial charge in [0.1, 0.15) is 5.75 Å². The number of amides is 1. The number of benzene rings is 2. The van der Waals surface area contributed by atoms with Crippen molar-refractivity contribution >= 4 is 21.4 Å². The predicted molar refractivity (Wildman–Crippen MR) is 106 cm³/mol. The van der Waals surface area contributed by atoms with Crippen molar-refractivity contribution in [2.75, 3.05) is 11.6 Å². The molecule has 1 aromatic heterocycles. The maximum Gasteiger partial charge on any atom is 0.321 e. The Hall–Kier alpha value is -3.26. The van der Waals surface area contributed by atoms with Crippen LogP contribution in [0.2, 0.25) is 0 Å². The zero-order valence-corrected chi connectivity index (χ0v) is 16.2. The van der Waals surface area contributed by atoms with Crippen molar-refractivity contribution in [3.05, 3.63) is 77.6 Å². The molecule has 28 heavy (non-hydrogen) atoms. The highest BCUT2D eigenvalue weighted by molar-refractivity contribution is 7.89. The van der Waals surface area contributed by atoms with Crippen LogP contribution in [0.15, 0.2) is 60.9 Å². The van der Waals surface area contributed by atoms with Gasteiger partial charge in [0.05, 0.1) is 5.75 Å². The van der Waals surface area contributed by atoms with E-state index in [1.807, 2.05) is 6.92 Å². The van der Waals surface area contributed by atoms with Crippen molar-refractivity contribution in [3.63, 3.8) is 0 Å². The number of carbonyl (C=O) groups excluding carboxylic acids is 1. The number of ether oxygens (including phenoxy) is 1. The van der Waals surface area contributed by atoms with Gasteiger partial charge in [-0.05, 0) is 54.4 Å². The number of hydrogen-bond donors (Lipinski definition) is 1. The third kappa shape index (κ3) is 5.37. The highest BCUT2D eigenvalue weighted by Gasteiger charge is 2.11. The summed E-state index contributed by atoms with van der Waals surface area (Å²) in [6.07, 6.45) is 4.33. The van der Waals surface area contributed by atoms with Gasteiger partial charge in [-0.15, -0.1) is 0 Å². The number of nitrogens with zero attached hydrogens (tertiary/aromatic N) is 2. The predicted octanol–water partition coefficient (Wildman–Crippen LogP) is 3.37. The topological polar surface area (TPSA) is 98.2 Å². The molecule has 0 fully saturated rings. The lowest BCUT2D eigenvalue weighted by Gasteiger charge is -2.11. The van der Waals surface area contributed by atoms with Gasteiger partial charge in [-0.25, -0.2) is 18.4 Å². The number of rotatable bonds is 6. The summed E-state index contributed by atoms with van der Waals surface area (Å²) in [7, 11) is -3.17. The van der Waals surface area contributed by atoms with E-state index in [9.17, 15) is 13.2 Å². The molecule has 0 radical (unpaired) electrons. The molecule has 0 aliphatic carbocycles. The summed E-state index contributed by atoms with van der Waals surface area (Å²) in [5.41, 5.74) is 2.38. The molecule has 0 unspecified atom stereocenters. The SMILES string of the molecule is Cc1cc(Oc2ncccn2)ccc1NC(=O)c1cccc(CS(C)(=O)=O)c1. The maximum absolute atomic E-state index is 12.5. The molecule has 1 N–H and O–H groups in total. The molecule has 3 rings (SSSR count). The Kier molecular flexibility index (Phi) is 5.70. The largest absolute Gasteiger partial charge is 0.424 e. The van der Waals surface area contributed by atoms with Crippen LogP contribution >= 0.6 is 0 Å². The van der Waals surface area contributed by atoms with Crippen LogP contribution in [-0.2, 0) is 15.6 Å². The standard InChI is InChI=1S/C20H19N3O4S/c1-14-11-17(27-20-21-9-4-10-22-20)7-8-18(14)23-19(24)16-6-3-5-15(12-16)13-28(2,25)26/h3-12H,13H2,1-2H3,(H,23,24). The molecule has 0 aliphatic rings. The van der Waals surface area contributed by atoms with Crippen LogP contribution < -0.4 is 10.1 Å². The first-order valence-corrected chi connectivity index (χ1v) is 10.5. The lowest BCUT2D eigenvalue weighted by molar-refractivity contribution is 0.102. The number of aromatic nitrogens is 2. The molecule has 0 spiro atoms. The summed E-state index contributed by atoms with van der Waals surface area (Å²) in [5.74, 6) is 0.121. The van der Waals surface area contributed by atoms with Gasteiger partial charge in [-0.1, -0.05) is 12.1 Å². The second-order valence-corrected chi connectivity index (χ2v) is 8.47. The number of carbonyl (C=O) groups is 1. The van der Waals surface area contributed by atoms with E-state index in [-0.39, 0.29) is 17.7 Å². The van der Waals surface area contributed by atoms with Crippen molar-refractivity contribution in [2.24, 2.45) is 0 Å². The van der Waals surface area contributed by atoms with Crippen LogP contribution in [0, 0.1) is 6.92 Å². The fourth-order valence-corrected chi connectivity index (χ4v) is 3.37. The van der Waals surface area contributed by atoms with E-state index in [0.717, 1.165) is 11.8 Å². The van der Waals surface area contributed by atoms with Gasteiger partial charge in [0, 0.05) is 29.9 Å². The van der Waals surface area contributed by atoms with Crippen LogP contribution in [-0.4, -0.2) is 30.5 Å². The number of anilines is 1. The van der Waals surface area contributed by atoms with Crippen LogP contribution in [0.4, 0.5) is 5.69 Å². The van der Waals surface area contributed by atoms with Crippen molar-refractivity contribution in [1.82, 2.24) is 9.97 Å². The Labute approximate surface area is 163 Å². The van der Waals surface area contributed by atoms with Gasteiger partial charge in [0.25, 0.3) is 5.91 Å². The van der Waals surface area contributed by atoms with Crippen LogP contribution in [0.5, 0.6) is 11.8 Å². The van der Waals surface area contributed by atoms with E-state index in [4.69, 9.17) is 4.74 Å². The Bertz CT molecular complexity index is 1100. The molecule has 1 heterocycles. The minimum Gasteiger partial charge on any atom is -0.424 e. The second kappa shape index (κ2) is 8.18. The second-order valence-electron chi connectivity index (χ2n) is 6.33. The molecule has 2 aromatic carbocycles. The van der Waals surface area contributed by atoms with Crippen LogP contribution in [0.25, 0.3) is 0 Å². The van der Waals surface area contributed by atoms with Crippen molar-refractivity contribution < 1.29 is 17.9 Å². The monoisotopic (exact) mass is 397 g/mol. The Balaban J connectivity index is 1.73. The average Bonchev–Trinajstić information content (AvgIpc) is 2.63. The van der Waals surface area contributed by atoms with E-state index in [2.05, 4.69) is 15.3 Å². The van der Waals surface area contributed by atoms with E-state index in [1.165, 1.54) is 0 Å². The normalized spacial score (nSPS) is 11.1. The lowest BCUT2D eigenvalue weighted by atomic mass is 10.1. The Morgan fingerprint density at radius 2 is 1.82 bits per heavy atom. The van der Waals surface area contributed by atoms with Crippen molar-refractivity contribution in [3.8, 4) is 11.8 Å². The molecule has 0 bridgehead atoms. The van der Waals surface area contributed by atoms with E-state index < -0.39 is 9.84 Å². The summed E-state index contributed by atoms with van der Waals surface area (Å²) in [6.45, 7) is 1.84. The van der Waals surface area contributed by atoms with E-state index >= 15 is 0 Å². The van der Waals surface area contributed by atoms with Gasteiger partial charge in [-0.2, -0.15) is 0 Å². The number of nitrogens with one attached hydrogen (secondary N) is 1. The lowest BCUT2D eigenvalue weighted by Crippen LogP contribution is -2.13. The summed E-state index contributed by atoms with van der Waals surface area (Å²) in [5, 5.41) is 2.83. The summed E-state index contributed by atoms with van der Waals surface area (Å²) in [4.78, 5) is 20.6. The first kappa shape index (κ1) is 19.5. The molecule has 7 nitrogen and oxygen atoms in total. The molecule has 8 heteroatoms. The van der Waals surface area contributed by atoms with Gasteiger partial charge >= 0.3 is 6.01 Å². The minimum absolute atomic E-state index is 0.110. The summed E-state index contributed by atoms with van der Waals surface area (Å²) in [6, 6.07) is 13.7. The van der Waals surface area contributed by atoms with Gasteiger partial charge in [0.15, 0.2) is 9.84 Å². The molecule has 144 valence electrons. The molecular weight excluding hydrogens is 378 g/mol. The highest BCUT2D eigenvalue weighted by atomic mass is 32.2. The summed E-state index contributed by atoms with van der Waals surface area (Å²) < 4.78 is 28.5. The van der Waals surface area contributed by atoms with Crippen molar-refractivity contribution in [1.29, 1.82) is 0 Å². The molecular formula is C20H19N3O4S. The zero-order chi connectivity index (χ0) is 20.1. The van der Waals surface area contributed by atoms with Crippen LogP contribution in [0.1, 0.15) is 21.5 Å². The Morgan fingerprint density at radius 1 is 1.07 bits per heavy atom. The maximum atomic E-state index is 12.5. The van der Waals surface area contributed by atoms with Crippen molar-refractivity contribution in [2.45, 2.75) is 12.7 Å². The number of sulfone groups is 1. The van der Waals surface area contributed by atoms with Gasteiger partial charge < -0.3 is 10.1 Å². The molecule has 1 amide bonds. The smallest absolute Gasteiger partial charge is 0.321 e. The zero-order valence-electron chi connectivity index (χ0n) is 15.4. The first-order chi connectivity index (χ1) is 13.3. The fourth-order valence-electron chi connectivity index (χ4n) is 2.58. The highest BCUT2D eigenvalue weighted by Crippen LogP contribution is 2.24. The third-order valence-electron chi connectivity index (χ3n) is 3.82. The summed E-state index contributed by atoms with van der Waals surface area (Å²) >= 11 is 0.